The number of anilines is 1. The van der Waals surface area contributed by atoms with Crippen molar-refractivity contribution >= 4 is 17.4 Å². The maximum Gasteiger partial charge on any atom is 0.416 e. The van der Waals surface area contributed by atoms with Crippen LogP contribution in [0.3, 0.4) is 0 Å². The van der Waals surface area contributed by atoms with Crippen molar-refractivity contribution in [1.29, 1.82) is 0 Å². The van der Waals surface area contributed by atoms with E-state index in [0.29, 0.717) is 5.69 Å². The second-order valence-corrected chi connectivity index (χ2v) is 3.76. The largest absolute Gasteiger partial charge is 0.416 e. The van der Waals surface area contributed by atoms with Gasteiger partial charge in [-0.1, -0.05) is 11.6 Å². The number of nitrogen functional groups attached to an aromatic ring is 1. The van der Waals surface area contributed by atoms with Crippen LogP contribution in [-0.4, -0.2) is 9.78 Å². The predicted molar refractivity (Wildman–Crippen MR) is 58.0 cm³/mol. The summed E-state index contributed by atoms with van der Waals surface area (Å²) in [5.74, 6) is 0.265. The van der Waals surface area contributed by atoms with E-state index in [0.717, 1.165) is 12.1 Å². The van der Waals surface area contributed by atoms with Crippen molar-refractivity contribution in [3.05, 3.63) is 41.0 Å². The number of rotatable bonds is 1. The Hall–Kier alpha value is -1.69. The molecule has 0 unspecified atom stereocenters. The van der Waals surface area contributed by atoms with Crippen LogP contribution in [0.2, 0.25) is 5.02 Å². The van der Waals surface area contributed by atoms with Gasteiger partial charge in [-0.15, -0.1) is 0 Å². The predicted octanol–water partition coefficient (Wildman–Crippen LogP) is 3.13. The molecule has 2 rings (SSSR count). The van der Waals surface area contributed by atoms with Crippen LogP contribution in [0.5, 0.6) is 0 Å². The van der Waals surface area contributed by atoms with Crippen molar-refractivity contribution in [3.63, 3.8) is 0 Å². The number of nitrogens with zero attached hydrogens (tertiary/aromatic N) is 2. The molecule has 0 atom stereocenters. The maximum atomic E-state index is 12.4. The average molecular weight is 262 g/mol. The molecule has 0 saturated carbocycles. The molecule has 1 heterocycles. The van der Waals surface area contributed by atoms with E-state index in [9.17, 15) is 13.2 Å². The molecule has 7 heteroatoms. The Morgan fingerprint density at radius 3 is 2.41 bits per heavy atom. The summed E-state index contributed by atoms with van der Waals surface area (Å²) in [6.45, 7) is 0. The van der Waals surface area contributed by atoms with Crippen LogP contribution in [-0.2, 0) is 6.18 Å². The Bertz CT molecular complexity index is 548. The van der Waals surface area contributed by atoms with Gasteiger partial charge in [0.05, 0.1) is 16.3 Å². The van der Waals surface area contributed by atoms with Crippen LogP contribution in [0.15, 0.2) is 30.5 Å². The molecule has 3 nitrogen and oxygen atoms in total. The Balaban J connectivity index is 2.45. The lowest BCUT2D eigenvalue weighted by atomic mass is 10.2. The lowest BCUT2D eigenvalue weighted by Crippen LogP contribution is -2.06. The first kappa shape index (κ1) is 11.8. The van der Waals surface area contributed by atoms with Gasteiger partial charge < -0.3 is 5.73 Å². The van der Waals surface area contributed by atoms with Crippen LogP contribution >= 0.6 is 11.6 Å². The molecule has 1 aromatic heterocycles. The third kappa shape index (κ3) is 2.36. The molecular formula is C10H7ClF3N3. The Morgan fingerprint density at radius 1 is 1.24 bits per heavy atom. The highest BCUT2D eigenvalue weighted by Gasteiger charge is 2.31. The van der Waals surface area contributed by atoms with Gasteiger partial charge >= 0.3 is 6.18 Å². The van der Waals surface area contributed by atoms with Crippen LogP contribution in [0, 0.1) is 0 Å². The molecule has 0 saturated heterocycles. The van der Waals surface area contributed by atoms with Gasteiger partial charge in [-0.05, 0) is 18.2 Å². The summed E-state index contributed by atoms with van der Waals surface area (Å²) in [7, 11) is 0. The van der Waals surface area contributed by atoms with E-state index in [-0.39, 0.29) is 10.8 Å². The highest BCUT2D eigenvalue weighted by molar-refractivity contribution is 6.32. The monoisotopic (exact) mass is 261 g/mol. The van der Waals surface area contributed by atoms with E-state index in [1.54, 1.807) is 0 Å². The molecule has 0 radical (unpaired) electrons. The van der Waals surface area contributed by atoms with E-state index in [4.69, 9.17) is 17.3 Å². The molecule has 1 aromatic carbocycles. The van der Waals surface area contributed by atoms with Crippen molar-refractivity contribution in [2.24, 2.45) is 0 Å². The molecule has 0 bridgehead atoms. The first-order valence-corrected chi connectivity index (χ1v) is 4.94. The summed E-state index contributed by atoms with van der Waals surface area (Å²) in [6, 6.07) is 4.57. The van der Waals surface area contributed by atoms with E-state index in [1.165, 1.54) is 23.0 Å². The highest BCUT2D eigenvalue weighted by atomic mass is 35.5. The minimum atomic E-state index is -4.41. The van der Waals surface area contributed by atoms with Gasteiger partial charge in [0, 0.05) is 12.3 Å². The van der Waals surface area contributed by atoms with E-state index < -0.39 is 11.7 Å². The minimum absolute atomic E-state index is 0.0390. The van der Waals surface area contributed by atoms with Gasteiger partial charge in [0.15, 0.2) is 0 Å². The summed E-state index contributed by atoms with van der Waals surface area (Å²) < 4.78 is 38.5. The van der Waals surface area contributed by atoms with Gasteiger partial charge in [0.25, 0.3) is 0 Å². The van der Waals surface area contributed by atoms with Crippen LogP contribution < -0.4 is 5.73 Å². The van der Waals surface area contributed by atoms with Crippen molar-refractivity contribution < 1.29 is 13.2 Å². The van der Waals surface area contributed by atoms with Crippen molar-refractivity contribution in [1.82, 2.24) is 9.78 Å². The second-order valence-electron chi connectivity index (χ2n) is 3.35. The first-order chi connectivity index (χ1) is 7.88. The minimum Gasteiger partial charge on any atom is -0.382 e. The van der Waals surface area contributed by atoms with E-state index >= 15 is 0 Å². The van der Waals surface area contributed by atoms with E-state index in [2.05, 4.69) is 5.10 Å². The van der Waals surface area contributed by atoms with Crippen molar-refractivity contribution in [2.75, 3.05) is 5.73 Å². The third-order valence-corrected chi connectivity index (χ3v) is 2.43. The van der Waals surface area contributed by atoms with Crippen molar-refractivity contribution in [3.8, 4) is 5.69 Å². The molecule has 0 aliphatic rings. The lowest BCUT2D eigenvalue weighted by molar-refractivity contribution is -0.137. The Labute approximate surface area is 99.6 Å². The van der Waals surface area contributed by atoms with Gasteiger partial charge in [-0.3, -0.25) is 0 Å². The van der Waals surface area contributed by atoms with Gasteiger partial charge in [-0.2, -0.15) is 18.3 Å². The topological polar surface area (TPSA) is 43.8 Å². The summed E-state index contributed by atoms with van der Waals surface area (Å²) >= 11 is 5.78. The quantitative estimate of drug-likeness (QED) is 0.857. The molecule has 0 spiro atoms. The standard InChI is InChI=1S/C10H7ClF3N3/c11-7-5-6(10(12,13)14)1-2-8(7)17-4-3-9(15)16-17/h1-5H,(H2,15,16). The number of halogens is 4. The van der Waals surface area contributed by atoms with Crippen molar-refractivity contribution in [2.45, 2.75) is 6.18 Å². The average Bonchev–Trinajstić information content (AvgIpc) is 2.63. The van der Waals surface area contributed by atoms with Gasteiger partial charge in [0.1, 0.15) is 5.82 Å². The number of nitrogens with two attached hydrogens (primary N) is 1. The molecule has 0 fully saturated rings. The SMILES string of the molecule is Nc1ccn(-c2ccc(C(F)(F)F)cc2Cl)n1. The second kappa shape index (κ2) is 3.96. The lowest BCUT2D eigenvalue weighted by Gasteiger charge is -2.09. The molecular weight excluding hydrogens is 255 g/mol. The number of benzene rings is 1. The molecule has 2 N–H and O–H groups in total. The molecule has 2 aromatic rings. The van der Waals surface area contributed by atoms with E-state index in [1.807, 2.05) is 0 Å². The van der Waals surface area contributed by atoms with Crippen LogP contribution in [0.25, 0.3) is 5.69 Å². The zero-order valence-electron chi connectivity index (χ0n) is 8.37. The smallest absolute Gasteiger partial charge is 0.382 e. The highest BCUT2D eigenvalue weighted by Crippen LogP contribution is 2.33. The van der Waals surface area contributed by atoms with Crippen LogP contribution in [0.1, 0.15) is 5.56 Å². The molecule has 0 aliphatic carbocycles. The van der Waals surface area contributed by atoms with Crippen LogP contribution in [0.4, 0.5) is 19.0 Å². The Morgan fingerprint density at radius 2 is 1.94 bits per heavy atom. The molecule has 0 amide bonds. The molecule has 0 aliphatic heterocycles. The molecule has 17 heavy (non-hydrogen) atoms. The number of alkyl halides is 3. The number of hydrogen-bond acceptors (Lipinski definition) is 2. The van der Waals surface area contributed by atoms with Gasteiger partial charge in [0.2, 0.25) is 0 Å². The van der Waals surface area contributed by atoms with Gasteiger partial charge in [-0.25, -0.2) is 4.68 Å². The summed E-state index contributed by atoms with van der Waals surface area (Å²) in [5.41, 5.74) is 4.95. The fraction of sp³-hybridized carbons (Fsp3) is 0.100. The Kier molecular flexibility index (Phi) is 2.74. The number of hydrogen-bond donors (Lipinski definition) is 1. The summed E-state index contributed by atoms with van der Waals surface area (Å²) in [5, 5.41) is 3.82. The third-order valence-electron chi connectivity index (χ3n) is 2.13. The fourth-order valence-electron chi connectivity index (χ4n) is 1.34. The maximum absolute atomic E-state index is 12.4. The molecule has 90 valence electrons. The normalized spacial score (nSPS) is 11.8. The summed E-state index contributed by atoms with van der Waals surface area (Å²) in [4.78, 5) is 0. The zero-order valence-corrected chi connectivity index (χ0v) is 9.13. The number of aromatic nitrogens is 2. The fourth-order valence-corrected chi connectivity index (χ4v) is 1.61. The first-order valence-electron chi connectivity index (χ1n) is 4.56. The summed E-state index contributed by atoms with van der Waals surface area (Å²) in [6.07, 6.45) is -2.89. The zero-order chi connectivity index (χ0) is 12.6.